The van der Waals surface area contributed by atoms with Gasteiger partial charge in [0.25, 0.3) is 0 Å². The Bertz CT molecular complexity index is 381. The first kappa shape index (κ1) is 11.0. The lowest BCUT2D eigenvalue weighted by molar-refractivity contribution is -0.129. The first-order valence-electron chi connectivity index (χ1n) is 5.53. The summed E-state index contributed by atoms with van der Waals surface area (Å²) in [5, 5.41) is 0. The molecule has 0 aliphatic carbocycles. The first-order valence-corrected chi connectivity index (χ1v) is 5.53. The minimum absolute atomic E-state index is 0.159. The summed E-state index contributed by atoms with van der Waals surface area (Å²) in [7, 11) is 0. The van der Waals surface area contributed by atoms with E-state index >= 15 is 0 Å². The van der Waals surface area contributed by atoms with Crippen LogP contribution < -0.4 is 4.90 Å². The molecule has 1 saturated heterocycles. The van der Waals surface area contributed by atoms with Gasteiger partial charge in [-0.25, -0.2) is 0 Å². The van der Waals surface area contributed by atoms with Gasteiger partial charge in [0.1, 0.15) is 0 Å². The van der Waals surface area contributed by atoms with Crippen LogP contribution in [0.1, 0.15) is 12.5 Å². The normalized spacial score (nSPS) is 16.4. The van der Waals surface area contributed by atoms with Crippen molar-refractivity contribution in [3.8, 4) is 0 Å². The number of piperazine rings is 1. The van der Waals surface area contributed by atoms with Crippen LogP contribution in [0.5, 0.6) is 0 Å². The molecule has 84 valence electrons. The second-order valence-corrected chi connectivity index (χ2v) is 4.09. The van der Waals surface area contributed by atoms with Crippen LogP contribution >= 0.6 is 0 Å². The highest BCUT2D eigenvalue weighted by atomic mass is 16.2. The molecule has 0 N–H and O–H groups in total. The fraction of sp³-hybridized carbons (Fsp3) is 0.385. The molecule has 2 radical (unpaired) electrons. The Balaban J connectivity index is 2.01. The van der Waals surface area contributed by atoms with Gasteiger partial charge in [-0.3, -0.25) is 4.79 Å². The largest absolute Gasteiger partial charge is 0.368 e. The third kappa shape index (κ3) is 2.35. The SMILES string of the molecule is [CH]c1cccc(N2CCN(C(C)=O)CC2)c1. The molecule has 3 heteroatoms. The van der Waals surface area contributed by atoms with E-state index < -0.39 is 0 Å². The maximum absolute atomic E-state index is 11.2. The molecule has 0 unspecified atom stereocenters. The van der Waals surface area contributed by atoms with E-state index in [0.717, 1.165) is 37.4 Å². The summed E-state index contributed by atoms with van der Waals surface area (Å²) in [5.74, 6) is 0.159. The molecule has 1 fully saturated rings. The van der Waals surface area contributed by atoms with Gasteiger partial charge in [-0.2, -0.15) is 0 Å². The fourth-order valence-corrected chi connectivity index (χ4v) is 2.00. The summed E-state index contributed by atoms with van der Waals surface area (Å²) in [5.41, 5.74) is 1.93. The van der Waals surface area contributed by atoms with E-state index in [-0.39, 0.29) is 5.91 Å². The maximum Gasteiger partial charge on any atom is 0.219 e. The molecule has 1 aliphatic heterocycles. The number of amides is 1. The Morgan fingerprint density at radius 3 is 2.50 bits per heavy atom. The molecule has 16 heavy (non-hydrogen) atoms. The van der Waals surface area contributed by atoms with E-state index in [1.54, 1.807) is 6.92 Å². The van der Waals surface area contributed by atoms with Crippen LogP contribution in [0, 0.1) is 6.92 Å². The van der Waals surface area contributed by atoms with E-state index in [4.69, 9.17) is 6.92 Å². The predicted molar refractivity (Wildman–Crippen MR) is 64.3 cm³/mol. The summed E-state index contributed by atoms with van der Waals surface area (Å²) in [4.78, 5) is 15.3. The standard InChI is InChI=1S/C13H16N2O/c1-11-4-3-5-13(10-11)15-8-6-14(7-9-15)12(2)16/h1,3-5,10H,6-9H2,2H3. The molecule has 0 spiro atoms. The summed E-state index contributed by atoms with van der Waals surface area (Å²) in [6, 6.07) is 7.88. The van der Waals surface area contributed by atoms with E-state index in [9.17, 15) is 4.79 Å². The van der Waals surface area contributed by atoms with Gasteiger partial charge in [0, 0.05) is 38.8 Å². The van der Waals surface area contributed by atoms with Gasteiger partial charge in [0.05, 0.1) is 0 Å². The molecule has 0 atom stereocenters. The summed E-state index contributed by atoms with van der Waals surface area (Å²) in [6.45, 7) is 10.7. The summed E-state index contributed by atoms with van der Waals surface area (Å²) >= 11 is 0. The minimum Gasteiger partial charge on any atom is -0.368 e. The Labute approximate surface area is 96.7 Å². The van der Waals surface area contributed by atoms with Crippen LogP contribution in [0.2, 0.25) is 0 Å². The second kappa shape index (κ2) is 4.56. The van der Waals surface area contributed by atoms with E-state index in [1.807, 2.05) is 23.1 Å². The lowest BCUT2D eigenvalue weighted by Crippen LogP contribution is -2.48. The zero-order valence-corrected chi connectivity index (χ0v) is 9.52. The molecule has 1 aromatic rings. The van der Waals surface area contributed by atoms with Crippen molar-refractivity contribution in [2.24, 2.45) is 0 Å². The zero-order valence-electron chi connectivity index (χ0n) is 9.52. The van der Waals surface area contributed by atoms with Gasteiger partial charge in [0.15, 0.2) is 0 Å². The average Bonchev–Trinajstić information content (AvgIpc) is 2.29. The first-order chi connectivity index (χ1) is 7.66. The molecule has 0 saturated carbocycles. The van der Waals surface area contributed by atoms with Crippen molar-refractivity contribution in [2.45, 2.75) is 6.92 Å². The monoisotopic (exact) mass is 216 g/mol. The van der Waals surface area contributed by atoms with E-state index in [0.29, 0.717) is 0 Å². The maximum atomic E-state index is 11.2. The minimum atomic E-state index is 0.159. The quantitative estimate of drug-likeness (QED) is 0.708. The number of carbonyl (C=O) groups excluding carboxylic acids is 1. The number of nitrogens with zero attached hydrogens (tertiary/aromatic N) is 2. The lowest BCUT2D eigenvalue weighted by atomic mass is 10.2. The van der Waals surface area contributed by atoms with Gasteiger partial charge in [-0.15, -0.1) is 0 Å². The topological polar surface area (TPSA) is 23.6 Å². The van der Waals surface area contributed by atoms with E-state index in [2.05, 4.69) is 11.0 Å². The van der Waals surface area contributed by atoms with Gasteiger partial charge < -0.3 is 9.80 Å². The molecule has 1 aromatic carbocycles. The third-order valence-corrected chi connectivity index (χ3v) is 2.96. The second-order valence-electron chi connectivity index (χ2n) is 4.09. The van der Waals surface area contributed by atoms with Crippen molar-refractivity contribution >= 4 is 11.6 Å². The van der Waals surface area contributed by atoms with Crippen molar-refractivity contribution in [3.05, 3.63) is 36.8 Å². The van der Waals surface area contributed by atoms with Crippen LogP contribution in [0.4, 0.5) is 5.69 Å². The molecule has 0 bridgehead atoms. The Morgan fingerprint density at radius 2 is 1.94 bits per heavy atom. The number of anilines is 1. The fourth-order valence-electron chi connectivity index (χ4n) is 2.00. The van der Waals surface area contributed by atoms with E-state index in [1.165, 1.54) is 0 Å². The molecular formula is C13H16N2O. The molecular weight excluding hydrogens is 200 g/mol. The third-order valence-electron chi connectivity index (χ3n) is 2.96. The van der Waals surface area contributed by atoms with Crippen LogP contribution in [0.25, 0.3) is 0 Å². The summed E-state index contributed by atoms with van der Waals surface area (Å²) in [6.07, 6.45) is 0. The van der Waals surface area contributed by atoms with Crippen molar-refractivity contribution < 1.29 is 4.79 Å². The Kier molecular flexibility index (Phi) is 3.13. The molecule has 3 nitrogen and oxygen atoms in total. The molecule has 0 aromatic heterocycles. The van der Waals surface area contributed by atoms with Crippen molar-refractivity contribution in [1.29, 1.82) is 0 Å². The zero-order chi connectivity index (χ0) is 11.5. The lowest BCUT2D eigenvalue weighted by Gasteiger charge is -2.35. The van der Waals surface area contributed by atoms with Gasteiger partial charge in [-0.05, 0) is 24.6 Å². The van der Waals surface area contributed by atoms with Gasteiger partial charge in [-0.1, -0.05) is 12.1 Å². The number of benzene rings is 1. The predicted octanol–water partition coefficient (Wildman–Crippen LogP) is 1.41. The highest BCUT2D eigenvalue weighted by Gasteiger charge is 2.18. The number of hydrogen-bond acceptors (Lipinski definition) is 2. The number of rotatable bonds is 1. The van der Waals surface area contributed by atoms with Crippen molar-refractivity contribution in [1.82, 2.24) is 4.90 Å². The highest BCUT2D eigenvalue weighted by Crippen LogP contribution is 2.17. The molecule has 1 amide bonds. The number of hydrogen-bond donors (Lipinski definition) is 0. The summed E-state index contributed by atoms with van der Waals surface area (Å²) < 4.78 is 0. The van der Waals surface area contributed by atoms with Crippen LogP contribution in [0.15, 0.2) is 24.3 Å². The van der Waals surface area contributed by atoms with Crippen molar-refractivity contribution in [3.63, 3.8) is 0 Å². The average molecular weight is 216 g/mol. The van der Waals surface area contributed by atoms with Gasteiger partial charge >= 0.3 is 0 Å². The Morgan fingerprint density at radius 1 is 1.25 bits per heavy atom. The highest BCUT2D eigenvalue weighted by molar-refractivity contribution is 5.73. The smallest absolute Gasteiger partial charge is 0.219 e. The molecule has 1 heterocycles. The van der Waals surface area contributed by atoms with Crippen molar-refractivity contribution in [2.75, 3.05) is 31.1 Å². The van der Waals surface area contributed by atoms with Crippen LogP contribution in [-0.2, 0) is 4.79 Å². The van der Waals surface area contributed by atoms with Gasteiger partial charge in [0.2, 0.25) is 5.91 Å². The van der Waals surface area contributed by atoms with Crippen LogP contribution in [-0.4, -0.2) is 37.0 Å². The molecule has 1 aliphatic rings. The Hall–Kier alpha value is -1.51. The van der Waals surface area contributed by atoms with Crippen LogP contribution in [0.3, 0.4) is 0 Å². The number of carbonyl (C=O) groups is 1. The molecule has 2 rings (SSSR count).